The van der Waals surface area contributed by atoms with Gasteiger partial charge in [0.1, 0.15) is 17.3 Å². The molecular weight excluding hydrogens is 319 g/mol. The summed E-state index contributed by atoms with van der Waals surface area (Å²) in [6.07, 6.45) is 0. The number of halogens is 3. The Morgan fingerprint density at radius 2 is 2.00 bits per heavy atom. The first-order valence-corrected chi connectivity index (χ1v) is 6.89. The smallest absolute Gasteiger partial charge is 0.134 e. The fourth-order valence-electron chi connectivity index (χ4n) is 1.61. The molecule has 0 saturated heterocycles. The molecule has 0 aromatic heterocycles. The van der Waals surface area contributed by atoms with Crippen LogP contribution in [0.25, 0.3) is 0 Å². The van der Waals surface area contributed by atoms with E-state index < -0.39 is 0 Å². The second kappa shape index (κ2) is 5.72. The Labute approximate surface area is 119 Å². The Balaban J connectivity index is 2.37. The van der Waals surface area contributed by atoms with Crippen LogP contribution in [-0.4, -0.2) is 0 Å². The Kier molecular flexibility index (Phi) is 4.25. The summed E-state index contributed by atoms with van der Waals surface area (Å²) >= 11 is 9.14. The fourth-order valence-corrected chi connectivity index (χ4v) is 2.38. The molecule has 0 saturated carbocycles. The average molecular weight is 330 g/mol. The molecule has 2 rings (SSSR count). The van der Waals surface area contributed by atoms with Crippen molar-refractivity contribution in [1.29, 1.82) is 0 Å². The van der Waals surface area contributed by atoms with Gasteiger partial charge in [-0.05, 0) is 42.8 Å². The van der Waals surface area contributed by atoms with Crippen molar-refractivity contribution < 1.29 is 9.13 Å². The molecule has 0 heterocycles. The maximum Gasteiger partial charge on any atom is 0.134 e. The van der Waals surface area contributed by atoms with Crippen LogP contribution >= 0.6 is 27.5 Å². The zero-order valence-corrected chi connectivity index (χ0v) is 12.1. The van der Waals surface area contributed by atoms with Gasteiger partial charge in [-0.2, -0.15) is 0 Å². The van der Waals surface area contributed by atoms with Gasteiger partial charge in [-0.15, -0.1) is 0 Å². The molecule has 0 unspecified atom stereocenters. The number of hydrogen-bond acceptors (Lipinski definition) is 1. The third kappa shape index (κ3) is 2.85. The van der Waals surface area contributed by atoms with Gasteiger partial charge in [-0.3, -0.25) is 0 Å². The molecule has 0 aliphatic carbocycles. The molecular formula is C14H11BrClFO. The first kappa shape index (κ1) is 13.4. The largest absolute Gasteiger partial charge is 0.457 e. The van der Waals surface area contributed by atoms with Crippen molar-refractivity contribution in [2.45, 2.75) is 12.3 Å². The van der Waals surface area contributed by atoms with E-state index in [0.29, 0.717) is 27.4 Å². The van der Waals surface area contributed by atoms with Crippen molar-refractivity contribution in [3.05, 3.63) is 58.4 Å². The Hall–Kier alpha value is -1.06. The van der Waals surface area contributed by atoms with Gasteiger partial charge in [-0.1, -0.05) is 33.6 Å². The lowest BCUT2D eigenvalue weighted by Gasteiger charge is -2.12. The molecule has 0 radical (unpaired) electrons. The van der Waals surface area contributed by atoms with Gasteiger partial charge in [0.2, 0.25) is 0 Å². The topological polar surface area (TPSA) is 9.23 Å². The van der Waals surface area contributed by atoms with Crippen molar-refractivity contribution in [2.24, 2.45) is 0 Å². The molecule has 0 amide bonds. The van der Waals surface area contributed by atoms with Crippen molar-refractivity contribution in [1.82, 2.24) is 0 Å². The fraction of sp³-hybridized carbons (Fsp3) is 0.143. The predicted octanol–water partition coefficient (Wildman–Crippen LogP) is 5.47. The van der Waals surface area contributed by atoms with E-state index in [4.69, 9.17) is 16.3 Å². The molecule has 2 aromatic carbocycles. The third-order valence-electron chi connectivity index (χ3n) is 2.57. The number of aryl methyl sites for hydroxylation is 1. The second-order valence-corrected chi connectivity index (χ2v) is 4.86. The van der Waals surface area contributed by atoms with Gasteiger partial charge < -0.3 is 4.74 Å². The van der Waals surface area contributed by atoms with E-state index in [9.17, 15) is 4.39 Å². The number of alkyl halides is 1. The van der Waals surface area contributed by atoms with Gasteiger partial charge in [0.05, 0.1) is 0 Å². The number of benzene rings is 2. The van der Waals surface area contributed by atoms with Gasteiger partial charge in [-0.25, -0.2) is 4.39 Å². The molecule has 0 bridgehead atoms. The van der Waals surface area contributed by atoms with Gasteiger partial charge in [0.15, 0.2) is 0 Å². The summed E-state index contributed by atoms with van der Waals surface area (Å²) in [7, 11) is 0. The molecule has 0 aliphatic heterocycles. The lowest BCUT2D eigenvalue weighted by molar-refractivity contribution is 0.467. The summed E-state index contributed by atoms with van der Waals surface area (Å²) in [5.74, 6) is 0.903. The minimum Gasteiger partial charge on any atom is -0.457 e. The molecule has 0 atom stereocenters. The van der Waals surface area contributed by atoms with Crippen molar-refractivity contribution >= 4 is 27.5 Å². The van der Waals surface area contributed by atoms with Crippen LogP contribution in [-0.2, 0) is 5.33 Å². The molecule has 0 spiro atoms. The number of ether oxygens (including phenoxy) is 1. The summed E-state index contributed by atoms with van der Waals surface area (Å²) in [6.45, 7) is 1.90. The molecule has 0 fully saturated rings. The Morgan fingerprint density at radius 1 is 1.22 bits per heavy atom. The van der Waals surface area contributed by atoms with Gasteiger partial charge in [0.25, 0.3) is 0 Å². The van der Waals surface area contributed by atoms with E-state index in [-0.39, 0.29) is 5.82 Å². The highest BCUT2D eigenvalue weighted by molar-refractivity contribution is 9.08. The monoisotopic (exact) mass is 328 g/mol. The van der Waals surface area contributed by atoms with Gasteiger partial charge in [0, 0.05) is 15.9 Å². The van der Waals surface area contributed by atoms with Crippen LogP contribution in [0.15, 0.2) is 36.4 Å². The normalized spacial score (nSPS) is 10.4. The first-order chi connectivity index (χ1) is 8.61. The third-order valence-corrected chi connectivity index (χ3v) is 3.36. The first-order valence-electron chi connectivity index (χ1n) is 5.39. The molecule has 94 valence electrons. The van der Waals surface area contributed by atoms with E-state index in [1.54, 1.807) is 24.3 Å². The van der Waals surface area contributed by atoms with Crippen molar-refractivity contribution in [3.63, 3.8) is 0 Å². The van der Waals surface area contributed by atoms with E-state index in [2.05, 4.69) is 15.9 Å². The maximum absolute atomic E-state index is 13.6. The molecule has 0 N–H and O–H groups in total. The van der Waals surface area contributed by atoms with Gasteiger partial charge >= 0.3 is 0 Å². The van der Waals surface area contributed by atoms with E-state index >= 15 is 0 Å². The second-order valence-electron chi connectivity index (χ2n) is 3.86. The summed E-state index contributed by atoms with van der Waals surface area (Å²) in [4.78, 5) is 0. The lowest BCUT2D eigenvalue weighted by Crippen LogP contribution is -1.94. The van der Waals surface area contributed by atoms with Crippen LogP contribution in [0.2, 0.25) is 5.02 Å². The minimum absolute atomic E-state index is 0.281. The summed E-state index contributed by atoms with van der Waals surface area (Å²) in [5.41, 5.74) is 1.42. The highest BCUT2D eigenvalue weighted by Gasteiger charge is 2.10. The zero-order chi connectivity index (χ0) is 13.1. The van der Waals surface area contributed by atoms with Crippen molar-refractivity contribution in [2.75, 3.05) is 0 Å². The van der Waals surface area contributed by atoms with E-state index in [0.717, 1.165) is 5.56 Å². The molecule has 18 heavy (non-hydrogen) atoms. The Bertz CT molecular complexity index is 572. The van der Waals surface area contributed by atoms with E-state index in [1.807, 2.05) is 13.0 Å². The lowest BCUT2D eigenvalue weighted by atomic mass is 10.2. The summed E-state index contributed by atoms with van der Waals surface area (Å²) in [5, 5.41) is 1.06. The van der Waals surface area contributed by atoms with Crippen LogP contribution in [0.4, 0.5) is 4.39 Å². The van der Waals surface area contributed by atoms with Crippen LogP contribution in [0.3, 0.4) is 0 Å². The number of hydrogen-bond donors (Lipinski definition) is 0. The summed E-state index contributed by atoms with van der Waals surface area (Å²) in [6, 6.07) is 10.1. The molecule has 1 nitrogen and oxygen atoms in total. The number of rotatable bonds is 3. The predicted molar refractivity (Wildman–Crippen MR) is 75.3 cm³/mol. The average Bonchev–Trinajstić information content (AvgIpc) is 2.33. The standard InChI is InChI=1S/C14H11BrClFO/c1-9-7-10(16)5-6-13(9)18-14-4-2-3-12(17)11(14)8-15/h2-7H,8H2,1H3. The quantitative estimate of drug-likeness (QED) is 0.678. The summed E-state index contributed by atoms with van der Waals surface area (Å²) < 4.78 is 19.3. The maximum atomic E-state index is 13.6. The molecule has 2 aromatic rings. The van der Waals surface area contributed by atoms with Crippen LogP contribution in [0, 0.1) is 12.7 Å². The molecule has 0 aliphatic rings. The minimum atomic E-state index is -0.281. The van der Waals surface area contributed by atoms with E-state index in [1.165, 1.54) is 6.07 Å². The van der Waals surface area contributed by atoms with Crippen molar-refractivity contribution in [3.8, 4) is 11.5 Å². The van der Waals surface area contributed by atoms with Crippen LogP contribution < -0.4 is 4.74 Å². The highest BCUT2D eigenvalue weighted by atomic mass is 79.9. The Morgan fingerprint density at radius 3 is 2.67 bits per heavy atom. The SMILES string of the molecule is Cc1cc(Cl)ccc1Oc1cccc(F)c1CBr. The van der Waals surface area contributed by atoms with Crippen LogP contribution in [0.1, 0.15) is 11.1 Å². The highest BCUT2D eigenvalue weighted by Crippen LogP contribution is 2.31. The van der Waals surface area contributed by atoms with Crippen LogP contribution in [0.5, 0.6) is 11.5 Å². The zero-order valence-electron chi connectivity index (χ0n) is 9.71. The molecule has 4 heteroatoms.